The highest BCUT2D eigenvalue weighted by molar-refractivity contribution is 5.77. The molecule has 0 aromatic carbocycles. The number of fused-ring (bicyclic) bond motifs is 1. The molecule has 10 heteroatoms. The van der Waals surface area contributed by atoms with Crippen LogP contribution in [0.2, 0.25) is 0 Å². The van der Waals surface area contributed by atoms with Crippen LogP contribution in [0.1, 0.15) is 5.69 Å². The van der Waals surface area contributed by atoms with Crippen LogP contribution in [0.5, 0.6) is 0 Å². The Morgan fingerprint density at radius 2 is 2.25 bits per heavy atom. The largest absolute Gasteiger partial charge is 0.433 e. The van der Waals surface area contributed by atoms with Crippen molar-refractivity contribution in [2.45, 2.75) is 18.3 Å². The lowest BCUT2D eigenvalue weighted by Crippen LogP contribution is -2.53. The van der Waals surface area contributed by atoms with Gasteiger partial charge in [-0.2, -0.15) is 13.2 Å². The lowest BCUT2D eigenvalue weighted by atomic mass is 10.1. The maximum atomic E-state index is 12.8. The van der Waals surface area contributed by atoms with Crippen molar-refractivity contribution in [2.75, 3.05) is 44.7 Å². The molecular formula is C14H18F3N5O2. The second-order valence-electron chi connectivity index (χ2n) is 5.76. The van der Waals surface area contributed by atoms with E-state index >= 15 is 0 Å². The molecule has 2 aliphatic heterocycles. The first-order valence-corrected chi connectivity index (χ1v) is 7.60. The van der Waals surface area contributed by atoms with E-state index in [1.165, 1.54) is 0 Å². The van der Waals surface area contributed by atoms with Gasteiger partial charge in [-0.25, -0.2) is 9.97 Å². The average Bonchev–Trinajstić information content (AvgIpc) is 2.99. The normalized spacial score (nSPS) is 24.8. The molecule has 3 rings (SSSR count). The maximum absolute atomic E-state index is 12.8. The van der Waals surface area contributed by atoms with E-state index in [-0.39, 0.29) is 30.5 Å². The van der Waals surface area contributed by atoms with Crippen molar-refractivity contribution in [1.82, 2.24) is 20.2 Å². The maximum Gasteiger partial charge on any atom is 0.433 e. The van der Waals surface area contributed by atoms with E-state index < -0.39 is 11.9 Å². The molecular weight excluding hydrogens is 327 g/mol. The fourth-order valence-corrected chi connectivity index (χ4v) is 3.04. The molecule has 0 saturated carbocycles. The van der Waals surface area contributed by atoms with Gasteiger partial charge in [0, 0.05) is 32.9 Å². The summed E-state index contributed by atoms with van der Waals surface area (Å²) in [6.45, 7) is 2.14. The highest BCUT2D eigenvalue weighted by Crippen LogP contribution is 2.30. The Labute approximate surface area is 136 Å². The number of hydrogen-bond acceptors (Lipinski definition) is 6. The Bertz CT molecular complexity index is 612. The van der Waals surface area contributed by atoms with E-state index in [0.29, 0.717) is 26.2 Å². The quantitative estimate of drug-likeness (QED) is 0.840. The van der Waals surface area contributed by atoms with Gasteiger partial charge in [-0.3, -0.25) is 9.69 Å². The molecule has 0 unspecified atom stereocenters. The molecule has 1 aromatic heterocycles. The Hall–Kier alpha value is -1.94. The van der Waals surface area contributed by atoms with Gasteiger partial charge in [0.05, 0.1) is 25.3 Å². The number of rotatable bonds is 3. The Morgan fingerprint density at radius 1 is 1.46 bits per heavy atom. The van der Waals surface area contributed by atoms with Crippen molar-refractivity contribution in [3.63, 3.8) is 0 Å². The zero-order valence-corrected chi connectivity index (χ0v) is 13.1. The summed E-state index contributed by atoms with van der Waals surface area (Å²) in [5.41, 5.74) is -0.967. The molecule has 2 aliphatic rings. The van der Waals surface area contributed by atoms with Gasteiger partial charge in [0.25, 0.3) is 0 Å². The number of anilines is 1. The number of nitrogens with zero attached hydrogens (tertiary/aromatic N) is 4. The second-order valence-corrected chi connectivity index (χ2v) is 5.76. The lowest BCUT2D eigenvalue weighted by Gasteiger charge is -2.35. The first-order chi connectivity index (χ1) is 11.4. The van der Waals surface area contributed by atoms with Gasteiger partial charge in [0.15, 0.2) is 0 Å². The van der Waals surface area contributed by atoms with E-state index in [9.17, 15) is 18.0 Å². The number of likely N-dealkylation sites (N-methyl/N-ethyl adjacent to an activating group) is 1. The topological polar surface area (TPSA) is 70.6 Å². The molecule has 2 atom stereocenters. The summed E-state index contributed by atoms with van der Waals surface area (Å²) >= 11 is 0. The molecule has 132 valence electrons. The zero-order valence-electron chi connectivity index (χ0n) is 13.1. The summed E-state index contributed by atoms with van der Waals surface area (Å²) in [5.74, 6) is -0.0767. The number of carbonyl (C=O) groups excluding carboxylic acids is 1. The Morgan fingerprint density at radius 3 is 2.96 bits per heavy atom. The number of alkyl halides is 3. The number of ether oxygens (including phenoxy) is 1. The summed E-state index contributed by atoms with van der Waals surface area (Å²) in [6, 6.07) is 0.773. The Kier molecular flexibility index (Phi) is 4.59. The van der Waals surface area contributed by atoms with Crippen molar-refractivity contribution >= 4 is 11.9 Å². The van der Waals surface area contributed by atoms with Crippen LogP contribution in [0.3, 0.4) is 0 Å². The van der Waals surface area contributed by atoms with Crippen LogP contribution in [0, 0.1) is 0 Å². The lowest BCUT2D eigenvalue weighted by molar-refractivity contribution is -0.141. The third-order valence-electron chi connectivity index (χ3n) is 4.26. The van der Waals surface area contributed by atoms with Crippen LogP contribution in [-0.2, 0) is 15.7 Å². The summed E-state index contributed by atoms with van der Waals surface area (Å²) < 4.78 is 44.1. The SMILES string of the molecule is CNC(=O)CN1CCO[C@@H]2CN(c3nccc(C(F)(F)F)n3)C[C@@H]21. The fourth-order valence-electron chi connectivity index (χ4n) is 3.04. The van der Waals surface area contributed by atoms with Crippen LogP contribution in [0.15, 0.2) is 12.3 Å². The van der Waals surface area contributed by atoms with Gasteiger partial charge in [0.1, 0.15) is 5.69 Å². The molecule has 0 spiro atoms. The summed E-state index contributed by atoms with van der Waals surface area (Å²) in [6.07, 6.45) is -3.58. The molecule has 0 bridgehead atoms. The van der Waals surface area contributed by atoms with E-state index in [1.807, 2.05) is 4.90 Å². The fraction of sp³-hybridized carbons (Fsp3) is 0.643. The van der Waals surface area contributed by atoms with Crippen LogP contribution in [0.4, 0.5) is 19.1 Å². The molecule has 24 heavy (non-hydrogen) atoms. The highest BCUT2D eigenvalue weighted by atomic mass is 19.4. The number of nitrogens with one attached hydrogen (secondary N) is 1. The van der Waals surface area contributed by atoms with Crippen molar-refractivity contribution in [1.29, 1.82) is 0 Å². The van der Waals surface area contributed by atoms with Gasteiger partial charge < -0.3 is 15.0 Å². The van der Waals surface area contributed by atoms with E-state index in [1.54, 1.807) is 11.9 Å². The first-order valence-electron chi connectivity index (χ1n) is 7.60. The highest BCUT2D eigenvalue weighted by Gasteiger charge is 2.42. The van der Waals surface area contributed by atoms with E-state index in [2.05, 4.69) is 15.3 Å². The summed E-state index contributed by atoms with van der Waals surface area (Å²) in [7, 11) is 1.57. The van der Waals surface area contributed by atoms with Crippen molar-refractivity contribution in [3.05, 3.63) is 18.0 Å². The minimum absolute atomic E-state index is 0.0303. The molecule has 2 fully saturated rings. The van der Waals surface area contributed by atoms with Crippen molar-refractivity contribution in [3.8, 4) is 0 Å². The van der Waals surface area contributed by atoms with Gasteiger partial charge in [-0.15, -0.1) is 0 Å². The van der Waals surface area contributed by atoms with Crippen molar-refractivity contribution in [2.24, 2.45) is 0 Å². The predicted molar refractivity (Wildman–Crippen MR) is 78.4 cm³/mol. The molecule has 1 aromatic rings. The standard InChI is InChI=1S/C14H18F3N5O2/c1-18-12(23)8-21-4-5-24-10-7-22(6-9(10)21)13-19-3-2-11(20-13)14(15,16)17/h2-3,9-10H,4-8H2,1H3,(H,18,23)/t9-,10+/m0/s1. The van der Waals surface area contributed by atoms with Gasteiger partial charge in [0.2, 0.25) is 11.9 Å². The molecule has 0 radical (unpaired) electrons. The predicted octanol–water partition coefficient (Wildman–Crippen LogP) is 0.131. The third-order valence-corrected chi connectivity index (χ3v) is 4.26. The van der Waals surface area contributed by atoms with Crippen molar-refractivity contribution < 1.29 is 22.7 Å². The van der Waals surface area contributed by atoms with Crippen LogP contribution < -0.4 is 10.2 Å². The third kappa shape index (κ3) is 3.44. The minimum atomic E-state index is -4.51. The van der Waals surface area contributed by atoms with E-state index in [0.717, 1.165) is 12.3 Å². The second kappa shape index (κ2) is 6.52. The summed E-state index contributed by atoms with van der Waals surface area (Å²) in [5, 5.41) is 2.57. The van der Waals surface area contributed by atoms with Crippen LogP contribution >= 0.6 is 0 Å². The number of aromatic nitrogens is 2. The minimum Gasteiger partial charge on any atom is -0.373 e. The monoisotopic (exact) mass is 345 g/mol. The molecule has 1 N–H and O–H groups in total. The smallest absolute Gasteiger partial charge is 0.373 e. The van der Waals surface area contributed by atoms with Gasteiger partial charge >= 0.3 is 6.18 Å². The van der Waals surface area contributed by atoms with Gasteiger partial charge in [-0.1, -0.05) is 0 Å². The molecule has 1 amide bonds. The molecule has 3 heterocycles. The summed E-state index contributed by atoms with van der Waals surface area (Å²) in [4.78, 5) is 22.9. The number of hydrogen-bond donors (Lipinski definition) is 1. The molecule has 0 aliphatic carbocycles. The zero-order chi connectivity index (χ0) is 17.3. The number of morpholine rings is 1. The molecule has 2 saturated heterocycles. The van der Waals surface area contributed by atoms with Crippen LogP contribution in [0.25, 0.3) is 0 Å². The number of halogens is 3. The number of carbonyl (C=O) groups is 1. The molecule has 7 nitrogen and oxygen atoms in total. The first kappa shape index (κ1) is 16.9. The van der Waals surface area contributed by atoms with Gasteiger partial charge in [-0.05, 0) is 6.07 Å². The Balaban J connectivity index is 1.75. The van der Waals surface area contributed by atoms with Crippen LogP contribution in [-0.4, -0.2) is 72.8 Å². The average molecular weight is 345 g/mol. The number of amides is 1. The van der Waals surface area contributed by atoms with E-state index in [4.69, 9.17) is 4.74 Å².